The normalized spacial score (nSPS) is 21.6. The van der Waals surface area contributed by atoms with Crippen LogP contribution in [0.5, 0.6) is 0 Å². The van der Waals surface area contributed by atoms with Gasteiger partial charge in [-0.25, -0.2) is 0 Å². The first-order valence-corrected chi connectivity index (χ1v) is 9.02. The van der Waals surface area contributed by atoms with Gasteiger partial charge >= 0.3 is 0 Å². The number of unbranched alkanes of at least 4 members (excludes halogenated alkanes) is 1. The van der Waals surface area contributed by atoms with E-state index in [1.165, 1.54) is 0 Å². The smallest absolute Gasteiger partial charge is 0.220 e. The number of morpholine rings is 1. The number of carbonyl (C=O) groups excluding carboxylic acids is 1. The molecule has 1 heterocycles. The average Bonchev–Trinajstić information content (AvgIpc) is 2.53. The van der Waals surface area contributed by atoms with Gasteiger partial charge in [-0.3, -0.25) is 9.69 Å². The predicted octanol–water partition coefficient (Wildman–Crippen LogP) is 2.21. The Morgan fingerprint density at radius 3 is 2.67 bits per heavy atom. The molecular weight excluding hydrogens is 302 g/mol. The monoisotopic (exact) mass is 333 g/mol. The number of ether oxygens (including phenoxy) is 1. The Morgan fingerprint density at radius 1 is 1.25 bits per heavy atom. The highest BCUT2D eigenvalue weighted by Crippen LogP contribution is 2.13. The van der Waals surface area contributed by atoms with E-state index in [0.29, 0.717) is 25.0 Å². The molecule has 5 heteroatoms. The number of nitrogens with two attached hydrogens (primary N) is 1. The number of amides is 1. The van der Waals surface area contributed by atoms with E-state index < -0.39 is 0 Å². The summed E-state index contributed by atoms with van der Waals surface area (Å²) in [4.78, 5) is 14.4. The Bertz CT molecular complexity index is 511. The molecule has 1 aliphatic heterocycles. The molecule has 134 valence electrons. The molecule has 0 spiro atoms. The fourth-order valence-corrected chi connectivity index (χ4v) is 3.25. The molecule has 0 radical (unpaired) electrons. The number of para-hydroxylation sites is 1. The van der Waals surface area contributed by atoms with Crippen molar-refractivity contribution in [3.05, 3.63) is 29.8 Å². The summed E-state index contributed by atoms with van der Waals surface area (Å²) in [7, 11) is 0. The van der Waals surface area contributed by atoms with Crippen LogP contribution in [-0.4, -0.2) is 49.2 Å². The minimum atomic E-state index is 0.104. The summed E-state index contributed by atoms with van der Waals surface area (Å²) in [6.07, 6.45) is 3.94. The quantitative estimate of drug-likeness (QED) is 0.565. The maximum Gasteiger partial charge on any atom is 0.220 e. The van der Waals surface area contributed by atoms with Gasteiger partial charge in [0.15, 0.2) is 0 Å². The fraction of sp³-hybridized carbons (Fsp3) is 0.632. The summed E-state index contributed by atoms with van der Waals surface area (Å²) in [5.74, 6) is 0.104. The van der Waals surface area contributed by atoms with Crippen molar-refractivity contribution in [2.45, 2.75) is 51.7 Å². The molecular formula is C19H31N3O2. The summed E-state index contributed by atoms with van der Waals surface area (Å²) in [6.45, 7) is 8.10. The van der Waals surface area contributed by atoms with E-state index in [0.717, 1.165) is 50.3 Å². The third-order valence-corrected chi connectivity index (χ3v) is 4.40. The maximum atomic E-state index is 11.9. The Morgan fingerprint density at radius 2 is 1.96 bits per heavy atom. The SMILES string of the molecule is CC1CN(CCCCNC(=O)CCc2ccccc2N)CC(C)O1. The number of carbonyl (C=O) groups is 1. The van der Waals surface area contributed by atoms with Gasteiger partial charge in [0.25, 0.3) is 0 Å². The van der Waals surface area contributed by atoms with Crippen molar-refractivity contribution in [1.82, 2.24) is 10.2 Å². The van der Waals surface area contributed by atoms with Crippen molar-refractivity contribution in [3.8, 4) is 0 Å². The second kappa shape index (κ2) is 9.64. The average molecular weight is 333 g/mol. The molecule has 2 atom stereocenters. The van der Waals surface area contributed by atoms with Crippen LogP contribution in [0.2, 0.25) is 0 Å². The molecule has 0 bridgehead atoms. The van der Waals surface area contributed by atoms with Gasteiger partial charge in [-0.15, -0.1) is 0 Å². The molecule has 1 saturated heterocycles. The number of anilines is 1. The van der Waals surface area contributed by atoms with Crippen LogP contribution >= 0.6 is 0 Å². The largest absolute Gasteiger partial charge is 0.399 e. The number of nitrogen functional groups attached to an aromatic ring is 1. The molecule has 1 amide bonds. The molecule has 0 saturated carbocycles. The molecule has 1 aliphatic rings. The molecule has 3 N–H and O–H groups in total. The minimum Gasteiger partial charge on any atom is -0.399 e. The second-order valence-electron chi connectivity index (χ2n) is 6.77. The van der Waals surface area contributed by atoms with Crippen molar-refractivity contribution in [3.63, 3.8) is 0 Å². The first kappa shape index (κ1) is 18.7. The van der Waals surface area contributed by atoms with E-state index in [1.54, 1.807) is 0 Å². The zero-order chi connectivity index (χ0) is 17.4. The molecule has 2 unspecified atom stereocenters. The van der Waals surface area contributed by atoms with Crippen LogP contribution in [0.3, 0.4) is 0 Å². The van der Waals surface area contributed by atoms with Crippen LogP contribution in [0.25, 0.3) is 0 Å². The third kappa shape index (κ3) is 6.49. The number of nitrogens with zero attached hydrogens (tertiary/aromatic N) is 1. The summed E-state index contributed by atoms with van der Waals surface area (Å²) < 4.78 is 5.74. The molecule has 0 aliphatic carbocycles. The Labute approximate surface area is 145 Å². The Balaban J connectivity index is 1.54. The minimum absolute atomic E-state index is 0.104. The summed E-state index contributed by atoms with van der Waals surface area (Å²) in [5.41, 5.74) is 7.70. The molecule has 5 nitrogen and oxygen atoms in total. The van der Waals surface area contributed by atoms with E-state index in [9.17, 15) is 4.79 Å². The zero-order valence-electron chi connectivity index (χ0n) is 15.0. The number of aryl methyl sites for hydroxylation is 1. The lowest BCUT2D eigenvalue weighted by Gasteiger charge is -2.35. The van der Waals surface area contributed by atoms with Gasteiger partial charge in [-0.05, 0) is 51.3 Å². The Hall–Kier alpha value is -1.59. The van der Waals surface area contributed by atoms with Crippen LogP contribution in [0, 0.1) is 0 Å². The molecule has 1 aromatic rings. The molecule has 1 aromatic carbocycles. The van der Waals surface area contributed by atoms with Crippen molar-refractivity contribution >= 4 is 11.6 Å². The van der Waals surface area contributed by atoms with Crippen LogP contribution in [-0.2, 0) is 16.0 Å². The summed E-state index contributed by atoms with van der Waals surface area (Å²) >= 11 is 0. The van der Waals surface area contributed by atoms with Crippen molar-refractivity contribution in [2.24, 2.45) is 0 Å². The molecule has 1 fully saturated rings. The maximum absolute atomic E-state index is 11.9. The van der Waals surface area contributed by atoms with E-state index >= 15 is 0 Å². The first-order chi connectivity index (χ1) is 11.5. The number of hydrogen-bond acceptors (Lipinski definition) is 4. The number of rotatable bonds is 8. The van der Waals surface area contributed by atoms with Crippen molar-refractivity contribution in [1.29, 1.82) is 0 Å². The highest BCUT2D eigenvalue weighted by Gasteiger charge is 2.21. The molecule has 0 aromatic heterocycles. The van der Waals surface area contributed by atoms with E-state index in [4.69, 9.17) is 10.5 Å². The highest BCUT2D eigenvalue weighted by molar-refractivity contribution is 5.76. The lowest BCUT2D eigenvalue weighted by molar-refractivity contribution is -0.121. The van der Waals surface area contributed by atoms with Crippen LogP contribution < -0.4 is 11.1 Å². The lowest BCUT2D eigenvalue weighted by Crippen LogP contribution is -2.45. The summed E-state index contributed by atoms with van der Waals surface area (Å²) in [6, 6.07) is 7.72. The third-order valence-electron chi connectivity index (χ3n) is 4.40. The second-order valence-corrected chi connectivity index (χ2v) is 6.77. The van der Waals surface area contributed by atoms with Gasteiger partial charge in [-0.2, -0.15) is 0 Å². The Kier molecular flexibility index (Phi) is 7.53. The highest BCUT2D eigenvalue weighted by atomic mass is 16.5. The number of nitrogens with one attached hydrogen (secondary N) is 1. The van der Waals surface area contributed by atoms with Gasteiger partial charge in [-0.1, -0.05) is 18.2 Å². The predicted molar refractivity (Wildman–Crippen MR) is 97.9 cm³/mol. The summed E-state index contributed by atoms with van der Waals surface area (Å²) in [5, 5.41) is 3.00. The van der Waals surface area contributed by atoms with E-state index in [2.05, 4.69) is 24.1 Å². The molecule has 2 rings (SSSR count). The first-order valence-electron chi connectivity index (χ1n) is 9.02. The lowest BCUT2D eigenvalue weighted by atomic mass is 10.1. The van der Waals surface area contributed by atoms with E-state index in [-0.39, 0.29) is 5.91 Å². The van der Waals surface area contributed by atoms with Gasteiger partial charge in [0.05, 0.1) is 12.2 Å². The number of benzene rings is 1. The number of hydrogen-bond donors (Lipinski definition) is 2. The van der Waals surface area contributed by atoms with Gasteiger partial charge in [0.2, 0.25) is 5.91 Å². The van der Waals surface area contributed by atoms with Crippen LogP contribution in [0.15, 0.2) is 24.3 Å². The van der Waals surface area contributed by atoms with Gasteiger partial charge in [0, 0.05) is 31.7 Å². The zero-order valence-corrected chi connectivity index (χ0v) is 15.0. The van der Waals surface area contributed by atoms with Gasteiger partial charge in [0.1, 0.15) is 0 Å². The van der Waals surface area contributed by atoms with Gasteiger partial charge < -0.3 is 15.8 Å². The van der Waals surface area contributed by atoms with Crippen molar-refractivity contribution < 1.29 is 9.53 Å². The van der Waals surface area contributed by atoms with E-state index in [1.807, 2.05) is 24.3 Å². The van der Waals surface area contributed by atoms with Crippen LogP contribution in [0.1, 0.15) is 38.7 Å². The van der Waals surface area contributed by atoms with Crippen LogP contribution in [0.4, 0.5) is 5.69 Å². The fourth-order valence-electron chi connectivity index (χ4n) is 3.25. The standard InChI is InChI=1S/C19H31N3O2/c1-15-13-22(14-16(2)24-15)12-6-5-11-21-19(23)10-9-17-7-3-4-8-18(17)20/h3-4,7-8,15-16H,5-6,9-14,20H2,1-2H3,(H,21,23). The van der Waals surface area contributed by atoms with Crippen molar-refractivity contribution in [2.75, 3.05) is 31.9 Å². The molecule has 24 heavy (non-hydrogen) atoms. The topological polar surface area (TPSA) is 67.6 Å².